The molecule has 0 amide bonds. The largest absolute Gasteiger partial charge is 0.489 e. The van der Waals surface area contributed by atoms with E-state index in [2.05, 4.69) is 31.9 Å². The predicted octanol–water partition coefficient (Wildman–Crippen LogP) is 4.84. The van der Waals surface area contributed by atoms with E-state index < -0.39 is 6.10 Å². The van der Waals surface area contributed by atoms with Crippen molar-refractivity contribution in [2.75, 3.05) is 0 Å². The maximum Gasteiger partial charge on any atom is 0.125 e. The molecule has 0 aromatic heterocycles. The van der Waals surface area contributed by atoms with Crippen LogP contribution < -0.4 is 4.74 Å². The third-order valence-electron chi connectivity index (χ3n) is 2.71. The molecule has 0 unspecified atom stereocenters. The molecule has 2 aromatic rings. The number of halogens is 2. The summed E-state index contributed by atoms with van der Waals surface area (Å²) in [6.45, 7) is 2.20. The highest BCUT2D eigenvalue weighted by molar-refractivity contribution is 9.10. The molecular weight excluding hydrogens is 372 g/mol. The minimum atomic E-state index is -0.560. The topological polar surface area (TPSA) is 29.5 Å². The van der Waals surface area contributed by atoms with Crippen LogP contribution in [0.1, 0.15) is 24.2 Å². The van der Waals surface area contributed by atoms with Gasteiger partial charge in [0.15, 0.2) is 0 Å². The van der Waals surface area contributed by atoms with Crippen molar-refractivity contribution in [2.45, 2.75) is 19.6 Å². The Hall–Kier alpha value is -0.840. The van der Waals surface area contributed by atoms with Gasteiger partial charge in [-0.2, -0.15) is 0 Å². The van der Waals surface area contributed by atoms with Gasteiger partial charge in [0.25, 0.3) is 0 Å². The van der Waals surface area contributed by atoms with Gasteiger partial charge in [0, 0.05) is 14.5 Å². The van der Waals surface area contributed by atoms with Crippen LogP contribution in [0.2, 0.25) is 0 Å². The second-order valence-corrected chi connectivity index (χ2v) is 6.11. The van der Waals surface area contributed by atoms with Crippen LogP contribution in [0.3, 0.4) is 0 Å². The van der Waals surface area contributed by atoms with Crippen LogP contribution in [0.5, 0.6) is 5.75 Å². The molecule has 4 heteroatoms. The van der Waals surface area contributed by atoms with Crippen LogP contribution in [-0.4, -0.2) is 5.11 Å². The average Bonchev–Trinajstić information content (AvgIpc) is 2.37. The summed E-state index contributed by atoms with van der Waals surface area (Å²) in [5, 5.41) is 9.76. The van der Waals surface area contributed by atoms with E-state index in [1.165, 1.54) is 0 Å². The molecule has 1 atom stereocenters. The van der Waals surface area contributed by atoms with Crippen molar-refractivity contribution in [1.29, 1.82) is 0 Å². The molecule has 0 aliphatic heterocycles. The number of aliphatic hydroxyl groups is 1. The van der Waals surface area contributed by atoms with E-state index in [1.807, 2.05) is 42.5 Å². The molecule has 1 N–H and O–H groups in total. The molecule has 0 fully saturated rings. The molecule has 0 radical (unpaired) electrons. The molecule has 0 heterocycles. The van der Waals surface area contributed by atoms with Crippen molar-refractivity contribution in [3.8, 4) is 5.75 Å². The van der Waals surface area contributed by atoms with Crippen LogP contribution in [0.25, 0.3) is 0 Å². The zero-order valence-corrected chi connectivity index (χ0v) is 13.6. The monoisotopic (exact) mass is 384 g/mol. The van der Waals surface area contributed by atoms with E-state index in [0.29, 0.717) is 12.4 Å². The lowest BCUT2D eigenvalue weighted by Gasteiger charge is -2.14. The first-order valence-corrected chi connectivity index (χ1v) is 7.49. The summed E-state index contributed by atoms with van der Waals surface area (Å²) in [6, 6.07) is 13.6. The molecule has 100 valence electrons. The molecule has 0 aliphatic rings. The molecule has 0 saturated carbocycles. The molecule has 0 bridgehead atoms. The maximum atomic E-state index is 9.76. The average molecular weight is 386 g/mol. The van der Waals surface area contributed by atoms with E-state index in [4.69, 9.17) is 4.74 Å². The smallest absolute Gasteiger partial charge is 0.125 e. The van der Waals surface area contributed by atoms with Gasteiger partial charge in [-0.25, -0.2) is 0 Å². The third-order valence-corrected chi connectivity index (χ3v) is 3.69. The highest BCUT2D eigenvalue weighted by Gasteiger charge is 2.10. The lowest BCUT2D eigenvalue weighted by atomic mass is 10.1. The van der Waals surface area contributed by atoms with Gasteiger partial charge in [0.05, 0.1) is 6.10 Å². The fraction of sp³-hybridized carbons (Fsp3) is 0.200. The second-order valence-electron chi connectivity index (χ2n) is 4.28. The molecule has 2 rings (SSSR count). The lowest BCUT2D eigenvalue weighted by Crippen LogP contribution is -2.01. The summed E-state index contributed by atoms with van der Waals surface area (Å²) in [5.41, 5.74) is 1.86. The Morgan fingerprint density at radius 1 is 1.11 bits per heavy atom. The van der Waals surface area contributed by atoms with E-state index in [-0.39, 0.29) is 0 Å². The zero-order valence-electron chi connectivity index (χ0n) is 10.4. The molecule has 2 aromatic carbocycles. The van der Waals surface area contributed by atoms with Gasteiger partial charge in [-0.15, -0.1) is 0 Å². The summed E-state index contributed by atoms with van der Waals surface area (Å²) in [6.07, 6.45) is -0.560. The highest BCUT2D eigenvalue weighted by Crippen LogP contribution is 2.29. The first-order chi connectivity index (χ1) is 9.06. The number of hydrogen-bond acceptors (Lipinski definition) is 2. The SMILES string of the molecule is C[C@H](O)c1cc(Br)ccc1OCc1cccc(Br)c1. The first-order valence-electron chi connectivity index (χ1n) is 5.91. The van der Waals surface area contributed by atoms with Gasteiger partial charge in [-0.05, 0) is 42.8 Å². The molecule has 2 nitrogen and oxygen atoms in total. The number of rotatable bonds is 4. The Morgan fingerprint density at radius 3 is 2.53 bits per heavy atom. The Balaban J connectivity index is 2.15. The van der Waals surface area contributed by atoms with Crippen LogP contribution in [0, 0.1) is 0 Å². The van der Waals surface area contributed by atoms with Crippen molar-refractivity contribution in [1.82, 2.24) is 0 Å². The minimum absolute atomic E-state index is 0.473. The van der Waals surface area contributed by atoms with E-state index in [9.17, 15) is 5.11 Å². The van der Waals surface area contributed by atoms with Crippen molar-refractivity contribution in [3.63, 3.8) is 0 Å². The number of benzene rings is 2. The second kappa shape index (κ2) is 6.55. The minimum Gasteiger partial charge on any atom is -0.489 e. The van der Waals surface area contributed by atoms with Crippen molar-refractivity contribution >= 4 is 31.9 Å². The van der Waals surface area contributed by atoms with E-state index in [0.717, 1.165) is 20.1 Å². The van der Waals surface area contributed by atoms with Crippen LogP contribution in [0.4, 0.5) is 0 Å². The summed E-state index contributed by atoms with van der Waals surface area (Å²) < 4.78 is 7.75. The highest BCUT2D eigenvalue weighted by atomic mass is 79.9. The van der Waals surface area contributed by atoms with Crippen molar-refractivity contribution in [2.24, 2.45) is 0 Å². The maximum absolute atomic E-state index is 9.76. The normalized spacial score (nSPS) is 12.2. The fourth-order valence-corrected chi connectivity index (χ4v) is 2.59. The van der Waals surface area contributed by atoms with Gasteiger partial charge in [0.1, 0.15) is 12.4 Å². The Morgan fingerprint density at radius 2 is 1.84 bits per heavy atom. The molecule has 0 saturated heterocycles. The Bertz CT molecular complexity index is 568. The number of ether oxygens (including phenoxy) is 1. The molecule has 0 spiro atoms. The quantitative estimate of drug-likeness (QED) is 0.815. The van der Waals surface area contributed by atoms with Gasteiger partial charge >= 0.3 is 0 Å². The third kappa shape index (κ3) is 4.06. The van der Waals surface area contributed by atoms with E-state index >= 15 is 0 Å². The molecule has 19 heavy (non-hydrogen) atoms. The van der Waals surface area contributed by atoms with E-state index in [1.54, 1.807) is 6.92 Å². The molecular formula is C15H14Br2O2. The van der Waals surface area contributed by atoms with Crippen LogP contribution >= 0.6 is 31.9 Å². The van der Waals surface area contributed by atoms with Crippen LogP contribution in [0.15, 0.2) is 51.4 Å². The Kier molecular flexibility index (Phi) is 5.02. The summed E-state index contributed by atoms with van der Waals surface area (Å²) in [4.78, 5) is 0. The fourth-order valence-electron chi connectivity index (χ4n) is 1.77. The van der Waals surface area contributed by atoms with Gasteiger partial charge in [-0.1, -0.05) is 44.0 Å². The molecule has 0 aliphatic carbocycles. The Labute approximate surface area is 129 Å². The van der Waals surface area contributed by atoms with Gasteiger partial charge < -0.3 is 9.84 Å². The lowest BCUT2D eigenvalue weighted by molar-refractivity contribution is 0.190. The summed E-state index contributed by atoms with van der Waals surface area (Å²) in [7, 11) is 0. The number of aliphatic hydroxyl groups excluding tert-OH is 1. The number of hydrogen-bond donors (Lipinski definition) is 1. The standard InChI is InChI=1S/C15H14Br2O2/c1-10(18)14-8-13(17)5-6-15(14)19-9-11-3-2-4-12(16)7-11/h2-8,10,18H,9H2,1H3/t10-/m0/s1. The van der Waals surface area contributed by atoms with Gasteiger partial charge in [0.2, 0.25) is 0 Å². The van der Waals surface area contributed by atoms with Crippen molar-refractivity contribution in [3.05, 3.63) is 62.5 Å². The first kappa shape index (κ1) is 14.6. The van der Waals surface area contributed by atoms with Gasteiger partial charge in [-0.3, -0.25) is 0 Å². The summed E-state index contributed by atoms with van der Waals surface area (Å²) in [5.74, 6) is 0.707. The van der Waals surface area contributed by atoms with Crippen molar-refractivity contribution < 1.29 is 9.84 Å². The predicted molar refractivity (Wildman–Crippen MR) is 83.2 cm³/mol. The zero-order chi connectivity index (χ0) is 13.8. The van der Waals surface area contributed by atoms with Crippen LogP contribution in [-0.2, 0) is 6.61 Å². The summed E-state index contributed by atoms with van der Waals surface area (Å²) >= 11 is 6.83.